The van der Waals surface area contributed by atoms with Crippen LogP contribution in [0.2, 0.25) is 0 Å². The lowest BCUT2D eigenvalue weighted by atomic mass is 10.0. The van der Waals surface area contributed by atoms with Crippen molar-refractivity contribution in [3.05, 3.63) is 65.0 Å². The van der Waals surface area contributed by atoms with Gasteiger partial charge in [-0.05, 0) is 43.5 Å². The number of nitrogens with zero attached hydrogens (tertiary/aromatic N) is 2. The standard InChI is InChI=1S/C24H29N3O2S/c1-17(2)10-9-11-18(3)25-22(28)16-30-24-26-21-15-8-7-14-20(21)23(29)27(24)19-12-5-4-6-13-19/h4-8,12-15,17-18H,9-11,16H2,1-3H3,(H,25,28). The topological polar surface area (TPSA) is 64.0 Å². The quantitative estimate of drug-likeness (QED) is 0.396. The van der Waals surface area contributed by atoms with Crippen LogP contribution in [0.5, 0.6) is 0 Å². The lowest BCUT2D eigenvalue weighted by molar-refractivity contribution is -0.119. The smallest absolute Gasteiger partial charge is 0.266 e. The summed E-state index contributed by atoms with van der Waals surface area (Å²) in [6.45, 7) is 6.46. The molecule has 158 valence electrons. The molecule has 1 N–H and O–H groups in total. The molecule has 1 atom stereocenters. The van der Waals surface area contributed by atoms with Crippen LogP contribution in [0, 0.1) is 5.92 Å². The van der Waals surface area contributed by atoms with Crippen LogP contribution in [0.15, 0.2) is 64.5 Å². The summed E-state index contributed by atoms with van der Waals surface area (Å²) >= 11 is 1.29. The van der Waals surface area contributed by atoms with Crippen LogP contribution >= 0.6 is 11.8 Å². The van der Waals surface area contributed by atoms with Crippen molar-refractivity contribution >= 4 is 28.6 Å². The Balaban J connectivity index is 1.77. The Bertz CT molecular complexity index is 1050. The summed E-state index contributed by atoms with van der Waals surface area (Å²) in [4.78, 5) is 30.3. The second-order valence-electron chi connectivity index (χ2n) is 7.97. The summed E-state index contributed by atoms with van der Waals surface area (Å²) in [6.07, 6.45) is 3.24. The average molecular weight is 424 g/mol. The Morgan fingerprint density at radius 1 is 1.03 bits per heavy atom. The van der Waals surface area contributed by atoms with E-state index in [0.29, 0.717) is 22.0 Å². The number of amides is 1. The molecule has 0 aliphatic rings. The van der Waals surface area contributed by atoms with Gasteiger partial charge in [0.05, 0.1) is 22.3 Å². The summed E-state index contributed by atoms with van der Waals surface area (Å²) in [6, 6.07) is 16.9. The van der Waals surface area contributed by atoms with Crippen molar-refractivity contribution in [3.8, 4) is 5.69 Å². The summed E-state index contributed by atoms with van der Waals surface area (Å²) in [5.41, 5.74) is 1.25. The van der Waals surface area contributed by atoms with E-state index < -0.39 is 0 Å². The number of carbonyl (C=O) groups is 1. The van der Waals surface area contributed by atoms with Gasteiger partial charge in [-0.25, -0.2) is 4.98 Å². The Labute approximate surface area is 181 Å². The van der Waals surface area contributed by atoms with Gasteiger partial charge >= 0.3 is 0 Å². The van der Waals surface area contributed by atoms with Gasteiger partial charge in [0.15, 0.2) is 5.16 Å². The second-order valence-corrected chi connectivity index (χ2v) is 8.91. The van der Waals surface area contributed by atoms with Crippen molar-refractivity contribution in [1.82, 2.24) is 14.9 Å². The predicted molar refractivity (Wildman–Crippen MR) is 124 cm³/mol. The minimum Gasteiger partial charge on any atom is -0.353 e. The lowest BCUT2D eigenvalue weighted by Gasteiger charge is -2.16. The van der Waals surface area contributed by atoms with Gasteiger partial charge in [0.25, 0.3) is 5.56 Å². The minimum atomic E-state index is -0.128. The molecule has 0 saturated carbocycles. The molecule has 0 bridgehead atoms. The molecule has 1 amide bonds. The summed E-state index contributed by atoms with van der Waals surface area (Å²) in [7, 11) is 0. The van der Waals surface area contributed by atoms with Crippen molar-refractivity contribution in [1.29, 1.82) is 0 Å². The molecule has 0 saturated heterocycles. The molecule has 30 heavy (non-hydrogen) atoms. The largest absolute Gasteiger partial charge is 0.353 e. The molecule has 1 heterocycles. The van der Waals surface area contributed by atoms with Gasteiger partial charge in [0, 0.05) is 6.04 Å². The molecule has 3 aromatic rings. The van der Waals surface area contributed by atoms with Crippen molar-refractivity contribution in [2.45, 2.75) is 51.2 Å². The van der Waals surface area contributed by atoms with Crippen molar-refractivity contribution in [2.75, 3.05) is 5.75 Å². The molecule has 2 aromatic carbocycles. The molecular formula is C24H29N3O2S. The Morgan fingerprint density at radius 3 is 2.47 bits per heavy atom. The molecule has 0 spiro atoms. The van der Waals surface area contributed by atoms with Crippen LogP contribution in [-0.4, -0.2) is 27.3 Å². The van der Waals surface area contributed by atoms with E-state index in [0.717, 1.165) is 18.5 Å². The number of hydrogen-bond donors (Lipinski definition) is 1. The van der Waals surface area contributed by atoms with Gasteiger partial charge in [-0.2, -0.15) is 0 Å². The fourth-order valence-corrected chi connectivity index (χ4v) is 4.19. The van der Waals surface area contributed by atoms with E-state index in [9.17, 15) is 9.59 Å². The molecule has 1 aromatic heterocycles. The maximum atomic E-state index is 13.2. The molecule has 0 radical (unpaired) electrons. The van der Waals surface area contributed by atoms with E-state index in [2.05, 4.69) is 24.1 Å². The first kappa shape index (κ1) is 22.1. The Morgan fingerprint density at radius 2 is 1.73 bits per heavy atom. The zero-order valence-corrected chi connectivity index (χ0v) is 18.6. The monoisotopic (exact) mass is 423 g/mol. The third kappa shape index (κ3) is 5.72. The first-order chi connectivity index (χ1) is 14.5. The molecule has 1 unspecified atom stereocenters. The number of thioether (sulfide) groups is 1. The van der Waals surface area contributed by atoms with Gasteiger partial charge in [-0.3, -0.25) is 14.2 Å². The van der Waals surface area contributed by atoms with E-state index in [1.807, 2.05) is 55.5 Å². The number of benzene rings is 2. The van der Waals surface area contributed by atoms with Crippen LogP contribution in [0.4, 0.5) is 0 Å². The fourth-order valence-electron chi connectivity index (χ4n) is 3.36. The average Bonchev–Trinajstić information content (AvgIpc) is 2.72. The van der Waals surface area contributed by atoms with Gasteiger partial charge in [-0.15, -0.1) is 0 Å². The Hall–Kier alpha value is -2.60. The zero-order valence-electron chi connectivity index (χ0n) is 17.8. The molecule has 0 fully saturated rings. The number of fused-ring (bicyclic) bond motifs is 1. The van der Waals surface area contributed by atoms with E-state index in [1.165, 1.54) is 18.2 Å². The number of hydrogen-bond acceptors (Lipinski definition) is 4. The maximum Gasteiger partial charge on any atom is 0.266 e. The van der Waals surface area contributed by atoms with Gasteiger partial charge in [0.2, 0.25) is 5.91 Å². The number of aromatic nitrogens is 2. The van der Waals surface area contributed by atoms with Crippen LogP contribution < -0.4 is 10.9 Å². The fraction of sp³-hybridized carbons (Fsp3) is 0.375. The van der Waals surface area contributed by atoms with Gasteiger partial charge in [-0.1, -0.05) is 68.8 Å². The summed E-state index contributed by atoms with van der Waals surface area (Å²) in [5.74, 6) is 0.850. The summed E-state index contributed by atoms with van der Waals surface area (Å²) in [5, 5.41) is 4.14. The summed E-state index contributed by atoms with van der Waals surface area (Å²) < 4.78 is 1.59. The Kier molecular flexibility index (Phi) is 7.69. The molecular weight excluding hydrogens is 394 g/mol. The van der Waals surface area contributed by atoms with Crippen LogP contribution in [-0.2, 0) is 4.79 Å². The number of carbonyl (C=O) groups excluding carboxylic acids is 1. The molecule has 3 rings (SSSR count). The second kappa shape index (κ2) is 10.4. The highest BCUT2D eigenvalue weighted by Gasteiger charge is 2.15. The maximum absolute atomic E-state index is 13.2. The van der Waals surface area contributed by atoms with Gasteiger partial charge < -0.3 is 5.32 Å². The zero-order chi connectivity index (χ0) is 21.5. The number of nitrogens with one attached hydrogen (secondary N) is 1. The first-order valence-electron chi connectivity index (χ1n) is 10.4. The highest BCUT2D eigenvalue weighted by Crippen LogP contribution is 2.21. The molecule has 6 heteroatoms. The first-order valence-corrected chi connectivity index (χ1v) is 11.4. The lowest BCUT2D eigenvalue weighted by Crippen LogP contribution is -2.34. The number of rotatable bonds is 9. The predicted octanol–water partition coefficient (Wildman–Crippen LogP) is 4.81. The van der Waals surface area contributed by atoms with E-state index >= 15 is 0 Å². The van der Waals surface area contributed by atoms with Crippen LogP contribution in [0.1, 0.15) is 40.0 Å². The van der Waals surface area contributed by atoms with Crippen molar-refractivity contribution in [3.63, 3.8) is 0 Å². The third-order valence-electron chi connectivity index (χ3n) is 4.92. The van der Waals surface area contributed by atoms with Gasteiger partial charge in [0.1, 0.15) is 0 Å². The molecule has 0 aliphatic heterocycles. The van der Waals surface area contributed by atoms with Crippen molar-refractivity contribution < 1.29 is 4.79 Å². The SMILES string of the molecule is CC(C)CCCC(C)NC(=O)CSc1nc2ccccc2c(=O)n1-c1ccccc1. The normalized spacial score (nSPS) is 12.3. The number of para-hydroxylation sites is 2. The highest BCUT2D eigenvalue weighted by atomic mass is 32.2. The highest BCUT2D eigenvalue weighted by molar-refractivity contribution is 7.99. The van der Waals surface area contributed by atoms with E-state index in [4.69, 9.17) is 0 Å². The molecule has 5 nitrogen and oxygen atoms in total. The van der Waals surface area contributed by atoms with Crippen LogP contribution in [0.3, 0.4) is 0 Å². The molecule has 0 aliphatic carbocycles. The van der Waals surface area contributed by atoms with Crippen molar-refractivity contribution in [2.24, 2.45) is 5.92 Å². The van der Waals surface area contributed by atoms with Crippen LogP contribution in [0.25, 0.3) is 16.6 Å². The van der Waals surface area contributed by atoms with E-state index in [1.54, 1.807) is 10.6 Å². The van der Waals surface area contributed by atoms with E-state index in [-0.39, 0.29) is 23.3 Å². The minimum absolute atomic E-state index is 0.0425. The third-order valence-corrected chi connectivity index (χ3v) is 5.86.